The molecule has 1 aliphatic rings. The van der Waals surface area contributed by atoms with E-state index in [1.165, 1.54) is 4.31 Å². The van der Waals surface area contributed by atoms with E-state index in [0.717, 1.165) is 11.1 Å². The van der Waals surface area contributed by atoms with Crippen molar-refractivity contribution in [3.05, 3.63) is 59.7 Å². The van der Waals surface area contributed by atoms with Gasteiger partial charge in [0.2, 0.25) is 10.0 Å². The van der Waals surface area contributed by atoms with Crippen LogP contribution in [-0.4, -0.2) is 37.6 Å². The van der Waals surface area contributed by atoms with Crippen molar-refractivity contribution >= 4 is 10.0 Å². The largest absolute Gasteiger partial charge is 0.497 e. The third-order valence-corrected chi connectivity index (χ3v) is 6.18. The van der Waals surface area contributed by atoms with Gasteiger partial charge in [0.1, 0.15) is 5.75 Å². The van der Waals surface area contributed by atoms with Crippen molar-refractivity contribution in [1.82, 2.24) is 4.31 Å². The van der Waals surface area contributed by atoms with E-state index < -0.39 is 22.2 Å². The van der Waals surface area contributed by atoms with Gasteiger partial charge in [0.05, 0.1) is 24.2 Å². The molecule has 0 aliphatic carbocycles. The van der Waals surface area contributed by atoms with Crippen molar-refractivity contribution < 1.29 is 18.3 Å². The molecule has 6 heteroatoms. The molecule has 24 heavy (non-hydrogen) atoms. The van der Waals surface area contributed by atoms with Gasteiger partial charge >= 0.3 is 0 Å². The van der Waals surface area contributed by atoms with Gasteiger partial charge in [-0.25, -0.2) is 8.42 Å². The molecule has 0 spiro atoms. The molecule has 2 aromatic rings. The average Bonchev–Trinajstić information content (AvgIpc) is 2.97. The molecule has 0 radical (unpaired) electrons. The van der Waals surface area contributed by atoms with Crippen LogP contribution >= 0.6 is 0 Å². The van der Waals surface area contributed by atoms with Crippen LogP contribution < -0.4 is 4.74 Å². The number of hydrogen-bond donors (Lipinski definition) is 1. The molecule has 128 valence electrons. The number of β-amino-alcohol motifs (C(OH)–C–C–N with tert-alkyl or cyclic N) is 1. The van der Waals surface area contributed by atoms with Crippen LogP contribution in [0.4, 0.5) is 0 Å². The van der Waals surface area contributed by atoms with Gasteiger partial charge in [-0.2, -0.15) is 4.31 Å². The summed E-state index contributed by atoms with van der Waals surface area (Å²) in [5.74, 6) is 0.668. The number of benzene rings is 2. The highest BCUT2D eigenvalue weighted by Crippen LogP contribution is 2.37. The average molecular weight is 347 g/mol. The summed E-state index contributed by atoms with van der Waals surface area (Å²) in [7, 11) is -2.11. The van der Waals surface area contributed by atoms with Crippen molar-refractivity contribution in [2.75, 3.05) is 13.7 Å². The monoisotopic (exact) mass is 347 g/mol. The predicted molar refractivity (Wildman–Crippen MR) is 91.4 cm³/mol. The molecular weight excluding hydrogens is 326 g/mol. The molecule has 1 aliphatic heterocycles. The zero-order chi connectivity index (χ0) is 17.3. The van der Waals surface area contributed by atoms with E-state index in [1.54, 1.807) is 25.3 Å². The molecule has 1 heterocycles. The van der Waals surface area contributed by atoms with E-state index in [-0.39, 0.29) is 11.4 Å². The maximum atomic E-state index is 13.1. The summed E-state index contributed by atoms with van der Waals surface area (Å²) in [5, 5.41) is 10.1. The number of sulfonamides is 1. The van der Waals surface area contributed by atoms with E-state index in [2.05, 4.69) is 0 Å². The van der Waals surface area contributed by atoms with Crippen LogP contribution in [0.1, 0.15) is 23.6 Å². The lowest BCUT2D eigenvalue weighted by Gasteiger charge is -2.24. The van der Waals surface area contributed by atoms with Crippen molar-refractivity contribution in [3.63, 3.8) is 0 Å². The van der Waals surface area contributed by atoms with Crippen LogP contribution in [0.15, 0.2) is 53.4 Å². The van der Waals surface area contributed by atoms with Crippen LogP contribution in [-0.2, 0) is 10.0 Å². The van der Waals surface area contributed by atoms with Crippen molar-refractivity contribution in [3.8, 4) is 5.75 Å². The highest BCUT2D eigenvalue weighted by Gasteiger charge is 2.40. The topological polar surface area (TPSA) is 66.8 Å². The van der Waals surface area contributed by atoms with E-state index in [0.29, 0.717) is 12.2 Å². The van der Waals surface area contributed by atoms with Gasteiger partial charge in [-0.05, 0) is 48.7 Å². The zero-order valence-electron chi connectivity index (χ0n) is 13.7. The zero-order valence-corrected chi connectivity index (χ0v) is 14.5. The summed E-state index contributed by atoms with van der Waals surface area (Å²) in [4.78, 5) is 0.254. The molecule has 0 saturated carbocycles. The van der Waals surface area contributed by atoms with Crippen LogP contribution in [0.2, 0.25) is 0 Å². The molecule has 5 nitrogen and oxygen atoms in total. The van der Waals surface area contributed by atoms with Gasteiger partial charge in [-0.1, -0.05) is 24.3 Å². The van der Waals surface area contributed by atoms with Crippen molar-refractivity contribution in [2.24, 2.45) is 0 Å². The summed E-state index contributed by atoms with van der Waals surface area (Å²) in [6.07, 6.45) is -0.307. The van der Waals surface area contributed by atoms with Crippen molar-refractivity contribution in [2.45, 2.75) is 30.4 Å². The Bertz CT molecular complexity index is 834. The Kier molecular flexibility index (Phi) is 4.62. The Morgan fingerprint density at radius 1 is 1.17 bits per heavy atom. The van der Waals surface area contributed by atoms with Crippen molar-refractivity contribution in [1.29, 1.82) is 0 Å². The van der Waals surface area contributed by atoms with Gasteiger partial charge in [0.15, 0.2) is 0 Å². The minimum Gasteiger partial charge on any atom is -0.497 e. The fraction of sp³-hybridized carbons (Fsp3) is 0.333. The number of nitrogens with zero attached hydrogens (tertiary/aromatic N) is 1. The molecule has 0 unspecified atom stereocenters. The molecule has 1 saturated heterocycles. The number of aryl methyl sites for hydroxylation is 1. The smallest absolute Gasteiger partial charge is 0.243 e. The summed E-state index contributed by atoms with van der Waals surface area (Å²) < 4.78 is 32.7. The normalized spacial score (nSPS) is 21.8. The van der Waals surface area contributed by atoms with Crippen LogP contribution in [0, 0.1) is 6.92 Å². The number of ether oxygens (including phenoxy) is 1. The maximum absolute atomic E-state index is 13.1. The number of hydrogen-bond acceptors (Lipinski definition) is 4. The fourth-order valence-corrected chi connectivity index (χ4v) is 4.88. The van der Waals surface area contributed by atoms with Crippen LogP contribution in [0.25, 0.3) is 0 Å². The van der Waals surface area contributed by atoms with Gasteiger partial charge in [-0.15, -0.1) is 0 Å². The molecule has 2 aromatic carbocycles. The molecule has 0 bridgehead atoms. The first-order valence-electron chi connectivity index (χ1n) is 7.82. The first-order valence-corrected chi connectivity index (χ1v) is 9.26. The Morgan fingerprint density at radius 3 is 2.62 bits per heavy atom. The highest BCUT2D eigenvalue weighted by molar-refractivity contribution is 7.89. The Balaban J connectivity index is 2.01. The quantitative estimate of drug-likeness (QED) is 0.923. The third kappa shape index (κ3) is 3.17. The van der Waals surface area contributed by atoms with E-state index in [1.807, 2.05) is 37.3 Å². The number of aliphatic hydroxyl groups excluding tert-OH is 1. The summed E-state index contributed by atoms with van der Waals surface area (Å²) in [5.41, 5.74) is 1.70. The molecule has 0 aromatic heterocycles. The standard InChI is InChI=1S/C18H21NO4S/c1-13-5-3-8-17(9-13)24(21,22)19-12-15(20)11-18(19)14-6-4-7-16(10-14)23-2/h3-10,15,18,20H,11-12H2,1-2H3/t15-,18-/m0/s1. The molecule has 1 N–H and O–H groups in total. The first-order chi connectivity index (χ1) is 11.4. The number of rotatable bonds is 4. The van der Waals surface area contributed by atoms with Gasteiger partial charge < -0.3 is 9.84 Å². The third-order valence-electron chi connectivity index (χ3n) is 4.31. The van der Waals surface area contributed by atoms with Gasteiger partial charge in [-0.3, -0.25) is 0 Å². The lowest BCUT2D eigenvalue weighted by molar-refractivity contribution is 0.188. The molecular formula is C18H21NO4S. The number of aliphatic hydroxyl groups is 1. The van der Waals surface area contributed by atoms with Crippen LogP contribution in [0.5, 0.6) is 5.75 Å². The lowest BCUT2D eigenvalue weighted by atomic mass is 10.0. The molecule has 3 rings (SSSR count). The Labute approximate surface area is 142 Å². The van der Waals surface area contributed by atoms with Crippen LogP contribution in [0.3, 0.4) is 0 Å². The summed E-state index contributed by atoms with van der Waals surface area (Å²) in [6.45, 7) is 1.95. The highest BCUT2D eigenvalue weighted by atomic mass is 32.2. The summed E-state index contributed by atoms with van der Waals surface area (Å²) >= 11 is 0. The van der Waals surface area contributed by atoms with E-state index >= 15 is 0 Å². The molecule has 2 atom stereocenters. The number of methoxy groups -OCH3 is 1. The minimum absolute atomic E-state index is 0.0954. The second-order valence-corrected chi connectivity index (χ2v) is 7.96. The van der Waals surface area contributed by atoms with Gasteiger partial charge in [0.25, 0.3) is 0 Å². The SMILES string of the molecule is COc1cccc([C@@H]2C[C@H](O)CN2S(=O)(=O)c2cccc(C)c2)c1. The second-order valence-electron chi connectivity index (χ2n) is 6.07. The fourth-order valence-electron chi connectivity index (χ4n) is 3.11. The second kappa shape index (κ2) is 6.55. The Hall–Kier alpha value is -1.89. The lowest BCUT2D eigenvalue weighted by Crippen LogP contribution is -2.32. The Morgan fingerprint density at radius 2 is 1.92 bits per heavy atom. The van der Waals surface area contributed by atoms with Gasteiger partial charge in [0, 0.05) is 6.54 Å². The molecule has 1 fully saturated rings. The first kappa shape index (κ1) is 17.0. The summed E-state index contributed by atoms with van der Waals surface area (Å²) in [6, 6.07) is 13.8. The maximum Gasteiger partial charge on any atom is 0.243 e. The van der Waals surface area contributed by atoms with E-state index in [4.69, 9.17) is 4.74 Å². The molecule has 0 amide bonds. The minimum atomic E-state index is -3.68. The predicted octanol–water partition coefficient (Wildman–Crippen LogP) is 2.50. The van der Waals surface area contributed by atoms with E-state index in [9.17, 15) is 13.5 Å².